The monoisotopic (exact) mass is 466 g/mol. The van der Waals surface area contributed by atoms with E-state index in [2.05, 4.69) is 36.1 Å². The molecule has 1 aliphatic heterocycles. The van der Waals surface area contributed by atoms with Crippen LogP contribution < -0.4 is 4.74 Å². The number of nitrogens with zero attached hydrogens (tertiary/aromatic N) is 2. The van der Waals surface area contributed by atoms with E-state index in [1.54, 1.807) is 18.6 Å². The van der Waals surface area contributed by atoms with Crippen molar-refractivity contribution >= 4 is 19.7 Å². The van der Waals surface area contributed by atoms with E-state index < -0.39 is 13.9 Å². The maximum atomic E-state index is 6.70. The van der Waals surface area contributed by atoms with Crippen molar-refractivity contribution in [1.29, 1.82) is 0 Å². The molecule has 1 saturated heterocycles. The third kappa shape index (κ3) is 5.25. The zero-order valence-corrected chi connectivity index (χ0v) is 20.6. The molecule has 1 fully saturated rings. The molecule has 1 aliphatic rings. The van der Waals surface area contributed by atoms with Crippen LogP contribution in [0.4, 0.5) is 0 Å². The summed E-state index contributed by atoms with van der Waals surface area (Å²) in [6, 6.07) is 13.5. The molecule has 0 N–H and O–H groups in total. The Balaban J connectivity index is 1.61. The van der Waals surface area contributed by atoms with Crippen molar-refractivity contribution in [3.05, 3.63) is 76.8 Å². The lowest BCUT2D eigenvalue weighted by Crippen LogP contribution is -2.33. The Hall–Kier alpha value is -2.56. The second-order valence-electron chi connectivity index (χ2n) is 8.91. The van der Waals surface area contributed by atoms with E-state index in [1.165, 1.54) is 5.56 Å². The summed E-state index contributed by atoms with van der Waals surface area (Å²) in [6.07, 6.45) is 3.53. The molecule has 1 aromatic heterocycles. The third-order valence-electron chi connectivity index (χ3n) is 5.02. The van der Waals surface area contributed by atoms with Gasteiger partial charge in [0.1, 0.15) is 25.3 Å². The van der Waals surface area contributed by atoms with Gasteiger partial charge in [0.2, 0.25) is 5.79 Å². The lowest BCUT2D eigenvalue weighted by atomic mass is 10.0. The molecule has 3 aromatic rings. The number of aromatic nitrogens is 2. The van der Waals surface area contributed by atoms with E-state index >= 15 is 0 Å². The van der Waals surface area contributed by atoms with Gasteiger partial charge in [0.05, 0.1) is 37.3 Å². The summed E-state index contributed by atoms with van der Waals surface area (Å²) in [5.41, 5.74) is 6.16. The molecule has 2 heterocycles. The predicted octanol–water partition coefficient (Wildman–Crippen LogP) is 5.77. The molecule has 0 bridgehead atoms. The van der Waals surface area contributed by atoms with E-state index in [0.717, 1.165) is 17.0 Å². The van der Waals surface area contributed by atoms with E-state index in [1.807, 2.05) is 47.9 Å². The number of rotatable bonds is 5. The van der Waals surface area contributed by atoms with Crippen LogP contribution >= 0.6 is 11.6 Å². The van der Waals surface area contributed by atoms with Crippen molar-refractivity contribution in [3.63, 3.8) is 0 Å². The Kier molecular flexibility index (Phi) is 6.45. The molecule has 166 valence electrons. The molecule has 0 unspecified atom stereocenters. The van der Waals surface area contributed by atoms with Crippen molar-refractivity contribution in [2.75, 3.05) is 13.2 Å². The first kappa shape index (κ1) is 22.6. The molecule has 5 nitrogen and oxygen atoms in total. The minimum Gasteiger partial charge on any atom is -0.457 e. The van der Waals surface area contributed by atoms with Gasteiger partial charge in [-0.15, -0.1) is 5.54 Å². The molecule has 0 spiro atoms. The molecular formula is C25H27ClN2O3Si. The van der Waals surface area contributed by atoms with Crippen LogP contribution in [0.15, 0.2) is 55.0 Å². The molecule has 0 aliphatic carbocycles. The minimum atomic E-state index is -1.51. The van der Waals surface area contributed by atoms with Gasteiger partial charge < -0.3 is 18.8 Å². The van der Waals surface area contributed by atoms with Gasteiger partial charge >= 0.3 is 0 Å². The van der Waals surface area contributed by atoms with Gasteiger partial charge in [-0.2, -0.15) is 0 Å². The molecule has 0 radical (unpaired) electrons. The number of imidazole rings is 1. The summed E-state index contributed by atoms with van der Waals surface area (Å²) < 4.78 is 20.2. The topological polar surface area (TPSA) is 45.5 Å². The Morgan fingerprint density at radius 3 is 2.44 bits per heavy atom. The Labute approximate surface area is 195 Å². The summed E-state index contributed by atoms with van der Waals surface area (Å²) >= 11 is 6.70. The summed E-state index contributed by atoms with van der Waals surface area (Å²) in [7, 11) is -1.51. The first-order valence-corrected chi connectivity index (χ1v) is 14.5. The average molecular weight is 467 g/mol. The minimum absolute atomic E-state index is 0.403. The van der Waals surface area contributed by atoms with Gasteiger partial charge in [-0.1, -0.05) is 54.9 Å². The summed E-state index contributed by atoms with van der Waals surface area (Å²) in [5, 5.41) is 0.520. The smallest absolute Gasteiger partial charge is 0.215 e. The average Bonchev–Trinajstić information content (AvgIpc) is 3.38. The SMILES string of the molecule is Cc1ccc(Oc2ccc(C3(Cn4cncc4C#C[Si](C)(C)C)OCCO3)c(Cl)c2)cc1. The molecule has 0 amide bonds. The van der Waals surface area contributed by atoms with Crippen LogP contribution in [-0.2, 0) is 21.8 Å². The maximum Gasteiger partial charge on any atom is 0.215 e. The van der Waals surface area contributed by atoms with Gasteiger partial charge in [0, 0.05) is 5.56 Å². The number of halogens is 1. The van der Waals surface area contributed by atoms with Crippen molar-refractivity contribution in [2.45, 2.75) is 38.9 Å². The molecule has 0 atom stereocenters. The molecule has 2 aromatic carbocycles. The Bertz CT molecular complexity index is 1150. The van der Waals surface area contributed by atoms with E-state index in [0.29, 0.717) is 30.5 Å². The van der Waals surface area contributed by atoms with Gasteiger partial charge in [0.25, 0.3) is 0 Å². The van der Waals surface area contributed by atoms with E-state index in [-0.39, 0.29) is 0 Å². The predicted molar refractivity (Wildman–Crippen MR) is 129 cm³/mol. The fourth-order valence-corrected chi connectivity index (χ4v) is 4.24. The van der Waals surface area contributed by atoms with Crippen molar-refractivity contribution < 1.29 is 14.2 Å². The third-order valence-corrected chi connectivity index (χ3v) is 6.21. The number of hydrogen-bond acceptors (Lipinski definition) is 4. The molecule has 32 heavy (non-hydrogen) atoms. The van der Waals surface area contributed by atoms with Crippen LogP contribution in [0, 0.1) is 18.4 Å². The summed E-state index contributed by atoms with van der Waals surface area (Å²) in [4.78, 5) is 4.29. The van der Waals surface area contributed by atoms with E-state index in [4.69, 9.17) is 25.8 Å². The summed E-state index contributed by atoms with van der Waals surface area (Å²) in [5.74, 6) is 3.68. The van der Waals surface area contributed by atoms with Gasteiger partial charge in [0.15, 0.2) is 0 Å². The zero-order valence-electron chi connectivity index (χ0n) is 18.8. The van der Waals surface area contributed by atoms with Crippen LogP contribution in [0.5, 0.6) is 11.5 Å². The number of aryl methyl sites for hydroxylation is 1. The lowest BCUT2D eigenvalue weighted by Gasteiger charge is -2.29. The first-order chi connectivity index (χ1) is 15.2. The molecule has 4 rings (SSSR count). The number of hydrogen-bond donors (Lipinski definition) is 0. The highest BCUT2D eigenvalue weighted by molar-refractivity contribution is 6.83. The fourth-order valence-electron chi connectivity index (χ4n) is 3.42. The van der Waals surface area contributed by atoms with Crippen LogP contribution in [0.3, 0.4) is 0 Å². The largest absolute Gasteiger partial charge is 0.457 e. The summed E-state index contributed by atoms with van der Waals surface area (Å²) in [6.45, 7) is 10.1. The van der Waals surface area contributed by atoms with Crippen molar-refractivity contribution in [1.82, 2.24) is 9.55 Å². The molecule has 7 heteroatoms. The van der Waals surface area contributed by atoms with Crippen molar-refractivity contribution in [2.24, 2.45) is 0 Å². The highest BCUT2D eigenvalue weighted by Gasteiger charge is 2.41. The fraction of sp³-hybridized carbons (Fsp3) is 0.320. The highest BCUT2D eigenvalue weighted by Crippen LogP contribution is 2.39. The highest BCUT2D eigenvalue weighted by atomic mass is 35.5. The van der Waals surface area contributed by atoms with Crippen LogP contribution in [0.25, 0.3) is 0 Å². The zero-order chi connectivity index (χ0) is 22.8. The molecule has 0 saturated carbocycles. The van der Waals surface area contributed by atoms with E-state index in [9.17, 15) is 0 Å². The first-order valence-electron chi connectivity index (χ1n) is 10.6. The van der Waals surface area contributed by atoms with Crippen LogP contribution in [0.1, 0.15) is 16.8 Å². The quantitative estimate of drug-likeness (QED) is 0.354. The second kappa shape index (κ2) is 9.12. The van der Waals surface area contributed by atoms with Crippen molar-refractivity contribution in [3.8, 4) is 23.0 Å². The number of benzene rings is 2. The van der Waals surface area contributed by atoms with Crippen LogP contribution in [0.2, 0.25) is 24.7 Å². The Morgan fingerprint density at radius 1 is 1.09 bits per heavy atom. The van der Waals surface area contributed by atoms with Gasteiger partial charge in [-0.3, -0.25) is 0 Å². The van der Waals surface area contributed by atoms with Gasteiger partial charge in [-0.25, -0.2) is 4.98 Å². The standard InChI is InChI=1S/C25H27ClN2O3Si/c1-19-5-7-21(8-6-19)31-22-9-10-23(24(26)15-22)25(29-12-13-30-25)17-28-18-27-16-20(28)11-14-32(2,3)4/h5-10,15-16,18H,12-13,17H2,1-4H3. The lowest BCUT2D eigenvalue weighted by molar-refractivity contribution is -0.176. The number of ether oxygens (including phenoxy) is 3. The second-order valence-corrected chi connectivity index (χ2v) is 14.1. The Morgan fingerprint density at radius 2 is 1.78 bits per heavy atom. The normalized spacial score (nSPS) is 15.3. The maximum absolute atomic E-state index is 6.70. The van der Waals surface area contributed by atoms with Crippen LogP contribution in [-0.4, -0.2) is 30.8 Å². The molecular weight excluding hydrogens is 440 g/mol. The van der Waals surface area contributed by atoms with Gasteiger partial charge in [-0.05, 0) is 37.3 Å².